The van der Waals surface area contributed by atoms with Gasteiger partial charge in [-0.25, -0.2) is 4.79 Å². The second-order valence-corrected chi connectivity index (χ2v) is 6.05. The molecule has 7 nitrogen and oxygen atoms in total. The summed E-state index contributed by atoms with van der Waals surface area (Å²) in [7, 11) is 0. The van der Waals surface area contributed by atoms with Gasteiger partial charge >= 0.3 is 6.09 Å². The van der Waals surface area contributed by atoms with Crippen molar-refractivity contribution in [2.24, 2.45) is 0 Å². The number of nitrogens with one attached hydrogen (secondary N) is 2. The van der Waals surface area contributed by atoms with Crippen molar-refractivity contribution in [1.29, 1.82) is 0 Å². The first kappa shape index (κ1) is 16.3. The number of aliphatic hydroxyl groups is 2. The van der Waals surface area contributed by atoms with E-state index in [0.717, 1.165) is 5.39 Å². The molecule has 2 aromatic rings. The summed E-state index contributed by atoms with van der Waals surface area (Å²) in [5.74, 6) is 0. The molecule has 1 aromatic carbocycles. The number of carbonyl (C=O) groups is 1. The predicted octanol–water partition coefficient (Wildman–Crippen LogP) is 1.48. The number of aliphatic hydroxyl groups excluding tert-OH is 2. The van der Waals surface area contributed by atoms with Gasteiger partial charge in [0.2, 0.25) is 0 Å². The van der Waals surface area contributed by atoms with E-state index in [9.17, 15) is 15.0 Å². The fourth-order valence-corrected chi connectivity index (χ4v) is 2.01. The van der Waals surface area contributed by atoms with Crippen LogP contribution in [0.3, 0.4) is 0 Å². The molecular weight excluding hydrogens is 286 g/mol. The Morgan fingerprint density at radius 2 is 2.05 bits per heavy atom. The van der Waals surface area contributed by atoms with E-state index in [2.05, 4.69) is 15.5 Å². The third kappa shape index (κ3) is 3.96. The number of rotatable bonds is 4. The van der Waals surface area contributed by atoms with E-state index in [1.54, 1.807) is 32.9 Å². The van der Waals surface area contributed by atoms with Crippen molar-refractivity contribution in [3.8, 4) is 0 Å². The number of fused-ring (bicyclic) bond motifs is 1. The van der Waals surface area contributed by atoms with E-state index >= 15 is 0 Å². The van der Waals surface area contributed by atoms with E-state index in [-0.39, 0.29) is 6.54 Å². The number of hydrogen-bond acceptors (Lipinski definition) is 5. The quantitative estimate of drug-likeness (QED) is 0.684. The zero-order valence-corrected chi connectivity index (χ0v) is 12.8. The molecule has 0 spiro atoms. The lowest BCUT2D eigenvalue weighted by atomic mass is 10.1. The Balaban J connectivity index is 1.98. The minimum Gasteiger partial charge on any atom is -0.444 e. The Hall–Kier alpha value is -2.12. The fraction of sp³-hybridized carbons (Fsp3) is 0.467. The largest absolute Gasteiger partial charge is 0.444 e. The molecule has 22 heavy (non-hydrogen) atoms. The van der Waals surface area contributed by atoms with E-state index in [0.29, 0.717) is 11.2 Å². The second kappa shape index (κ2) is 6.33. The highest BCUT2D eigenvalue weighted by molar-refractivity contribution is 5.81. The van der Waals surface area contributed by atoms with Crippen LogP contribution in [0, 0.1) is 0 Å². The van der Waals surface area contributed by atoms with Crippen LogP contribution in [0.25, 0.3) is 10.9 Å². The van der Waals surface area contributed by atoms with Crippen molar-refractivity contribution in [3.63, 3.8) is 0 Å². The number of nitrogens with zero attached hydrogens (tertiary/aromatic N) is 1. The van der Waals surface area contributed by atoms with Crippen molar-refractivity contribution in [3.05, 3.63) is 30.0 Å². The lowest BCUT2D eigenvalue weighted by Gasteiger charge is -2.21. The van der Waals surface area contributed by atoms with Crippen molar-refractivity contribution < 1.29 is 19.7 Å². The SMILES string of the molecule is CC(C)(C)OC(=O)NCC(O)C(O)c1[nH]nc2ccccc12. The molecule has 2 unspecified atom stereocenters. The molecule has 0 radical (unpaired) electrons. The Morgan fingerprint density at radius 3 is 2.73 bits per heavy atom. The molecule has 120 valence electrons. The summed E-state index contributed by atoms with van der Waals surface area (Å²) >= 11 is 0. The summed E-state index contributed by atoms with van der Waals surface area (Å²) in [5.41, 5.74) is 0.491. The molecule has 0 bridgehead atoms. The van der Waals surface area contributed by atoms with Crippen LogP contribution in [0.5, 0.6) is 0 Å². The highest BCUT2D eigenvalue weighted by Gasteiger charge is 2.24. The molecule has 2 atom stereocenters. The third-order valence-corrected chi connectivity index (χ3v) is 3.01. The molecule has 0 fully saturated rings. The number of alkyl carbamates (subject to hydrolysis) is 1. The van der Waals surface area contributed by atoms with Crippen LogP contribution in [-0.4, -0.2) is 44.8 Å². The summed E-state index contributed by atoms with van der Waals surface area (Å²) in [4.78, 5) is 11.5. The summed E-state index contributed by atoms with van der Waals surface area (Å²) in [6.07, 6.45) is -3.02. The van der Waals surface area contributed by atoms with Gasteiger partial charge in [-0.3, -0.25) is 5.10 Å². The van der Waals surface area contributed by atoms with E-state index in [4.69, 9.17) is 4.74 Å². The smallest absolute Gasteiger partial charge is 0.407 e. The number of ether oxygens (including phenoxy) is 1. The van der Waals surface area contributed by atoms with Crippen molar-refractivity contribution in [2.45, 2.75) is 38.6 Å². The zero-order valence-electron chi connectivity index (χ0n) is 12.8. The summed E-state index contributed by atoms with van der Waals surface area (Å²) in [6, 6.07) is 7.25. The zero-order chi connectivity index (χ0) is 16.3. The van der Waals surface area contributed by atoms with Crippen LogP contribution in [-0.2, 0) is 4.74 Å². The molecule has 1 amide bonds. The molecule has 4 N–H and O–H groups in total. The van der Waals surface area contributed by atoms with Crippen LogP contribution in [0.2, 0.25) is 0 Å². The van der Waals surface area contributed by atoms with Crippen LogP contribution in [0.1, 0.15) is 32.6 Å². The average molecular weight is 307 g/mol. The summed E-state index contributed by atoms with van der Waals surface area (Å²) < 4.78 is 5.07. The Morgan fingerprint density at radius 1 is 1.36 bits per heavy atom. The summed E-state index contributed by atoms with van der Waals surface area (Å²) in [5, 5.41) is 30.2. The van der Waals surface area contributed by atoms with Gasteiger partial charge in [0.05, 0.1) is 11.2 Å². The van der Waals surface area contributed by atoms with E-state index < -0.39 is 23.9 Å². The lowest BCUT2D eigenvalue weighted by molar-refractivity contribution is 0.0115. The highest BCUT2D eigenvalue weighted by Crippen LogP contribution is 2.23. The third-order valence-electron chi connectivity index (χ3n) is 3.01. The van der Waals surface area contributed by atoms with Gasteiger partial charge < -0.3 is 20.3 Å². The van der Waals surface area contributed by atoms with Gasteiger partial charge in [0.25, 0.3) is 0 Å². The Kier molecular flexibility index (Phi) is 4.68. The lowest BCUT2D eigenvalue weighted by Crippen LogP contribution is -2.39. The highest BCUT2D eigenvalue weighted by atomic mass is 16.6. The first-order valence-electron chi connectivity index (χ1n) is 7.04. The van der Waals surface area contributed by atoms with Gasteiger partial charge in [-0.05, 0) is 26.8 Å². The molecule has 7 heteroatoms. The first-order valence-corrected chi connectivity index (χ1v) is 7.04. The van der Waals surface area contributed by atoms with Crippen LogP contribution >= 0.6 is 0 Å². The maximum Gasteiger partial charge on any atom is 0.407 e. The van der Waals surface area contributed by atoms with Gasteiger partial charge in [0, 0.05) is 11.9 Å². The number of hydrogen-bond donors (Lipinski definition) is 4. The number of aromatic amines is 1. The Labute approximate surface area is 128 Å². The van der Waals surface area contributed by atoms with E-state index in [1.165, 1.54) is 0 Å². The molecule has 0 aliphatic carbocycles. The maximum absolute atomic E-state index is 11.5. The molecule has 0 aliphatic heterocycles. The molecule has 0 saturated heterocycles. The molecule has 1 heterocycles. The summed E-state index contributed by atoms with van der Waals surface area (Å²) in [6.45, 7) is 5.10. The first-order chi connectivity index (χ1) is 10.3. The number of amides is 1. The second-order valence-electron chi connectivity index (χ2n) is 6.05. The van der Waals surface area contributed by atoms with Crippen molar-refractivity contribution >= 4 is 17.0 Å². The number of carbonyl (C=O) groups excluding carboxylic acids is 1. The van der Waals surface area contributed by atoms with E-state index in [1.807, 2.05) is 12.1 Å². The number of benzene rings is 1. The molecule has 2 rings (SSSR count). The normalized spacial score (nSPS) is 14.6. The molecule has 0 saturated carbocycles. The van der Waals surface area contributed by atoms with Crippen molar-refractivity contribution in [2.75, 3.05) is 6.54 Å². The number of para-hydroxylation sites is 1. The van der Waals surface area contributed by atoms with Gasteiger partial charge in [-0.15, -0.1) is 0 Å². The van der Waals surface area contributed by atoms with Gasteiger partial charge in [0.15, 0.2) is 0 Å². The average Bonchev–Trinajstić information content (AvgIpc) is 2.86. The Bertz CT molecular complexity index is 648. The van der Waals surface area contributed by atoms with Crippen molar-refractivity contribution in [1.82, 2.24) is 15.5 Å². The predicted molar refractivity (Wildman–Crippen MR) is 81.3 cm³/mol. The topological polar surface area (TPSA) is 107 Å². The minimum atomic E-state index is -1.19. The standard InChI is InChI=1S/C15H21N3O4/c1-15(2,3)22-14(21)16-8-11(19)13(20)12-9-6-4-5-7-10(9)17-18-12/h4-7,11,13,19-20H,8H2,1-3H3,(H,16,21)(H,17,18). The van der Waals surface area contributed by atoms with Crippen LogP contribution in [0.4, 0.5) is 4.79 Å². The minimum absolute atomic E-state index is 0.135. The van der Waals surface area contributed by atoms with Gasteiger partial charge in [0.1, 0.15) is 17.8 Å². The monoisotopic (exact) mass is 307 g/mol. The fourth-order valence-electron chi connectivity index (χ4n) is 2.01. The van der Waals surface area contributed by atoms with Crippen LogP contribution < -0.4 is 5.32 Å². The van der Waals surface area contributed by atoms with Gasteiger partial charge in [-0.2, -0.15) is 5.10 Å². The van der Waals surface area contributed by atoms with Gasteiger partial charge in [-0.1, -0.05) is 18.2 Å². The molecular formula is C15H21N3O4. The molecule has 0 aliphatic rings. The van der Waals surface area contributed by atoms with Crippen LogP contribution in [0.15, 0.2) is 24.3 Å². The number of H-pyrrole nitrogens is 1. The molecule has 1 aromatic heterocycles. The maximum atomic E-state index is 11.5. The number of aromatic nitrogens is 2.